The van der Waals surface area contributed by atoms with E-state index >= 15 is 0 Å². The van der Waals surface area contributed by atoms with Gasteiger partial charge in [0.25, 0.3) is 5.91 Å². The van der Waals surface area contributed by atoms with Gasteiger partial charge in [-0.25, -0.2) is 0 Å². The molecule has 0 spiro atoms. The lowest BCUT2D eigenvalue weighted by molar-refractivity contribution is -0.117. The van der Waals surface area contributed by atoms with E-state index in [4.69, 9.17) is 0 Å². The monoisotopic (exact) mass is 401 g/mol. The zero-order chi connectivity index (χ0) is 21.3. The largest absolute Gasteiger partial charge is 0.345 e. The number of nitrogens with one attached hydrogen (secondary N) is 1. The molecule has 1 N–H and O–H groups in total. The summed E-state index contributed by atoms with van der Waals surface area (Å²) < 4.78 is 0. The number of anilines is 1. The fourth-order valence-corrected chi connectivity index (χ4v) is 3.21. The maximum absolute atomic E-state index is 12.7. The van der Waals surface area contributed by atoms with Crippen molar-refractivity contribution in [3.8, 4) is 0 Å². The van der Waals surface area contributed by atoms with Gasteiger partial charge >= 0.3 is 0 Å². The standard InChI is InChI=1S/C25H27N3O2/c1-27(2)25(30)22-13-15-23(16-14-22)26-24(29)19-28(17-20-9-5-3-6-10-20)18-21-11-7-4-8-12-21/h3-16H,17-19H2,1-2H3,(H,26,29). The number of carbonyl (C=O) groups is 2. The van der Waals surface area contributed by atoms with Gasteiger partial charge in [-0.05, 0) is 35.4 Å². The lowest BCUT2D eigenvalue weighted by atomic mass is 10.1. The Hall–Kier alpha value is -3.44. The normalized spacial score (nSPS) is 10.6. The Morgan fingerprint density at radius 3 is 1.70 bits per heavy atom. The first kappa shape index (κ1) is 21.3. The number of amides is 2. The number of carbonyl (C=O) groups excluding carboxylic acids is 2. The van der Waals surface area contributed by atoms with Crippen LogP contribution < -0.4 is 5.32 Å². The zero-order valence-electron chi connectivity index (χ0n) is 17.4. The molecule has 0 unspecified atom stereocenters. The van der Waals surface area contributed by atoms with Crippen molar-refractivity contribution in [1.82, 2.24) is 9.80 Å². The quantitative estimate of drug-likeness (QED) is 0.620. The third-order valence-corrected chi connectivity index (χ3v) is 4.69. The number of hydrogen-bond donors (Lipinski definition) is 1. The van der Waals surface area contributed by atoms with Crippen molar-refractivity contribution in [2.75, 3.05) is 26.0 Å². The molecule has 5 nitrogen and oxygen atoms in total. The molecule has 0 saturated heterocycles. The average molecular weight is 402 g/mol. The Morgan fingerprint density at radius 1 is 0.733 bits per heavy atom. The van der Waals surface area contributed by atoms with Crippen LogP contribution in [0, 0.1) is 0 Å². The topological polar surface area (TPSA) is 52.7 Å². The summed E-state index contributed by atoms with van der Waals surface area (Å²) in [5, 5.41) is 2.93. The second-order valence-corrected chi connectivity index (χ2v) is 7.44. The highest BCUT2D eigenvalue weighted by atomic mass is 16.2. The predicted molar refractivity (Wildman–Crippen MR) is 120 cm³/mol. The molecule has 5 heteroatoms. The Bertz CT molecular complexity index is 913. The Kier molecular flexibility index (Phi) is 7.35. The van der Waals surface area contributed by atoms with Gasteiger partial charge < -0.3 is 10.2 Å². The lowest BCUT2D eigenvalue weighted by Crippen LogP contribution is -2.32. The molecule has 30 heavy (non-hydrogen) atoms. The van der Waals surface area contributed by atoms with Gasteiger partial charge in [0.15, 0.2) is 0 Å². The highest BCUT2D eigenvalue weighted by Crippen LogP contribution is 2.13. The number of nitrogens with zero attached hydrogens (tertiary/aromatic N) is 2. The van der Waals surface area contributed by atoms with Crippen molar-refractivity contribution in [2.45, 2.75) is 13.1 Å². The minimum Gasteiger partial charge on any atom is -0.345 e. The van der Waals surface area contributed by atoms with Crippen LogP contribution in [-0.2, 0) is 17.9 Å². The number of hydrogen-bond acceptors (Lipinski definition) is 3. The van der Waals surface area contributed by atoms with E-state index in [0.29, 0.717) is 24.3 Å². The predicted octanol–water partition coefficient (Wildman–Crippen LogP) is 4.03. The van der Waals surface area contributed by atoms with Crippen LogP contribution in [0.2, 0.25) is 0 Å². The molecule has 0 aliphatic rings. The Labute approximate surface area is 177 Å². The third kappa shape index (κ3) is 6.29. The second-order valence-electron chi connectivity index (χ2n) is 7.44. The highest BCUT2D eigenvalue weighted by Gasteiger charge is 2.13. The molecule has 3 aromatic rings. The molecular weight excluding hydrogens is 374 g/mol. The van der Waals surface area contributed by atoms with Crippen molar-refractivity contribution < 1.29 is 9.59 Å². The van der Waals surface area contributed by atoms with Gasteiger partial charge in [-0.1, -0.05) is 60.7 Å². The fourth-order valence-electron chi connectivity index (χ4n) is 3.21. The summed E-state index contributed by atoms with van der Waals surface area (Å²) >= 11 is 0. The molecule has 154 valence electrons. The maximum Gasteiger partial charge on any atom is 0.253 e. The summed E-state index contributed by atoms with van der Waals surface area (Å²) in [5.74, 6) is -0.154. The lowest BCUT2D eigenvalue weighted by Gasteiger charge is -2.22. The summed E-state index contributed by atoms with van der Waals surface area (Å²) in [7, 11) is 3.43. The van der Waals surface area contributed by atoms with Gasteiger partial charge in [-0.2, -0.15) is 0 Å². The minimum atomic E-state index is -0.0893. The molecule has 0 aliphatic carbocycles. The summed E-state index contributed by atoms with van der Waals surface area (Å²) in [6.07, 6.45) is 0. The molecule has 0 heterocycles. The SMILES string of the molecule is CN(C)C(=O)c1ccc(NC(=O)CN(Cc2ccccc2)Cc2ccccc2)cc1. The van der Waals surface area contributed by atoms with Crippen LogP contribution in [0.5, 0.6) is 0 Å². The molecule has 0 aromatic heterocycles. The van der Waals surface area contributed by atoms with Crippen molar-refractivity contribution in [3.63, 3.8) is 0 Å². The molecule has 0 atom stereocenters. The van der Waals surface area contributed by atoms with E-state index in [-0.39, 0.29) is 18.4 Å². The average Bonchev–Trinajstić information content (AvgIpc) is 2.75. The fraction of sp³-hybridized carbons (Fsp3) is 0.200. The van der Waals surface area contributed by atoms with Crippen LogP contribution >= 0.6 is 0 Å². The van der Waals surface area contributed by atoms with Gasteiger partial charge in [0.05, 0.1) is 6.54 Å². The zero-order valence-corrected chi connectivity index (χ0v) is 17.4. The molecule has 3 rings (SSSR count). The second kappa shape index (κ2) is 10.4. The summed E-state index contributed by atoms with van der Waals surface area (Å²) in [5.41, 5.74) is 3.59. The first-order valence-corrected chi connectivity index (χ1v) is 9.93. The van der Waals surface area contributed by atoms with Gasteiger partial charge in [-0.15, -0.1) is 0 Å². The first-order chi connectivity index (χ1) is 14.5. The van der Waals surface area contributed by atoms with E-state index in [0.717, 1.165) is 11.1 Å². The van der Waals surface area contributed by atoms with E-state index < -0.39 is 0 Å². The van der Waals surface area contributed by atoms with Crippen molar-refractivity contribution >= 4 is 17.5 Å². The van der Waals surface area contributed by atoms with E-state index in [1.807, 2.05) is 36.4 Å². The van der Waals surface area contributed by atoms with Crippen LogP contribution in [-0.4, -0.2) is 42.3 Å². The summed E-state index contributed by atoms with van der Waals surface area (Å²) in [6.45, 7) is 1.63. The Morgan fingerprint density at radius 2 is 1.23 bits per heavy atom. The van der Waals surface area contributed by atoms with Crippen LogP contribution in [0.3, 0.4) is 0 Å². The molecule has 0 radical (unpaired) electrons. The van der Waals surface area contributed by atoms with Crippen molar-refractivity contribution in [2.24, 2.45) is 0 Å². The smallest absolute Gasteiger partial charge is 0.253 e. The molecule has 0 saturated carbocycles. The van der Waals surface area contributed by atoms with Gasteiger partial charge in [0, 0.05) is 38.4 Å². The van der Waals surface area contributed by atoms with Gasteiger partial charge in [-0.3, -0.25) is 14.5 Å². The van der Waals surface area contributed by atoms with Crippen molar-refractivity contribution in [3.05, 3.63) is 102 Å². The maximum atomic E-state index is 12.7. The molecule has 2 amide bonds. The van der Waals surface area contributed by atoms with Crippen LogP contribution in [0.15, 0.2) is 84.9 Å². The minimum absolute atomic E-state index is 0.0650. The molecule has 0 fully saturated rings. The molecular formula is C25H27N3O2. The van der Waals surface area contributed by atoms with E-state index in [1.54, 1.807) is 38.4 Å². The number of benzene rings is 3. The van der Waals surface area contributed by atoms with Crippen LogP contribution in [0.4, 0.5) is 5.69 Å². The number of rotatable bonds is 8. The van der Waals surface area contributed by atoms with Gasteiger partial charge in [0.2, 0.25) is 5.91 Å². The highest BCUT2D eigenvalue weighted by molar-refractivity contribution is 5.96. The third-order valence-electron chi connectivity index (χ3n) is 4.69. The summed E-state index contributed by atoms with van der Waals surface area (Å²) in [4.78, 5) is 28.3. The first-order valence-electron chi connectivity index (χ1n) is 9.93. The molecule has 0 bridgehead atoms. The molecule has 3 aromatic carbocycles. The summed E-state index contributed by atoms with van der Waals surface area (Å²) in [6, 6.07) is 27.2. The van der Waals surface area contributed by atoms with E-state index in [9.17, 15) is 9.59 Å². The van der Waals surface area contributed by atoms with Crippen LogP contribution in [0.25, 0.3) is 0 Å². The van der Waals surface area contributed by atoms with Gasteiger partial charge in [0.1, 0.15) is 0 Å². The van der Waals surface area contributed by atoms with E-state index in [2.05, 4.69) is 34.5 Å². The van der Waals surface area contributed by atoms with E-state index in [1.165, 1.54) is 4.90 Å². The van der Waals surface area contributed by atoms with Crippen molar-refractivity contribution in [1.29, 1.82) is 0 Å². The molecule has 0 aliphatic heterocycles. The Balaban J connectivity index is 1.65. The van der Waals surface area contributed by atoms with Crippen LogP contribution in [0.1, 0.15) is 21.5 Å².